The zero-order valence-corrected chi connectivity index (χ0v) is 23.7. The number of amides is 1. The van der Waals surface area contributed by atoms with Gasteiger partial charge in [-0.15, -0.1) is 5.10 Å². The predicted octanol–water partition coefficient (Wildman–Crippen LogP) is 7.53. The molecule has 6 nitrogen and oxygen atoms in total. The van der Waals surface area contributed by atoms with Crippen molar-refractivity contribution in [2.24, 2.45) is 0 Å². The third-order valence-electron chi connectivity index (χ3n) is 6.15. The lowest BCUT2D eigenvalue weighted by Crippen LogP contribution is -2.31. The summed E-state index contributed by atoms with van der Waals surface area (Å²) in [7, 11) is 0. The Morgan fingerprint density at radius 3 is 2.62 bits per heavy atom. The highest BCUT2D eigenvalue weighted by Gasteiger charge is 2.34. The first-order chi connectivity index (χ1) is 17.8. The van der Waals surface area contributed by atoms with Crippen LogP contribution in [0.4, 0.5) is 11.6 Å². The Bertz CT molecular complexity index is 1520. The molecule has 1 amide bonds. The van der Waals surface area contributed by atoms with Crippen LogP contribution in [-0.2, 0) is 10.5 Å². The van der Waals surface area contributed by atoms with Crippen LogP contribution in [0.25, 0.3) is 0 Å². The van der Waals surface area contributed by atoms with Gasteiger partial charge in [-0.2, -0.15) is 4.98 Å². The van der Waals surface area contributed by atoms with Gasteiger partial charge in [0.2, 0.25) is 11.1 Å². The van der Waals surface area contributed by atoms with E-state index in [9.17, 15) is 4.79 Å². The molecule has 1 aromatic heterocycles. The van der Waals surface area contributed by atoms with Crippen molar-refractivity contribution in [3.05, 3.63) is 110 Å². The van der Waals surface area contributed by atoms with Gasteiger partial charge in [-0.3, -0.25) is 4.79 Å². The van der Waals surface area contributed by atoms with E-state index in [0.717, 1.165) is 38.1 Å². The zero-order valence-electron chi connectivity index (χ0n) is 20.5. The number of nitrogens with zero attached hydrogens (tertiary/aromatic N) is 3. The summed E-state index contributed by atoms with van der Waals surface area (Å²) in [5, 5.41) is 12.6. The van der Waals surface area contributed by atoms with Crippen LogP contribution in [0.1, 0.15) is 35.2 Å². The molecule has 1 atom stereocenters. The summed E-state index contributed by atoms with van der Waals surface area (Å²) >= 11 is 11.2. The molecule has 2 N–H and O–H groups in total. The van der Waals surface area contributed by atoms with Gasteiger partial charge in [0.05, 0.1) is 5.57 Å². The largest absolute Gasteiger partial charge is 0.328 e. The van der Waals surface area contributed by atoms with Gasteiger partial charge in [0.15, 0.2) is 0 Å². The average molecular weight is 595 g/mol. The average Bonchev–Trinajstić information content (AvgIpc) is 3.26. The minimum atomic E-state index is -0.442. The number of nitrogens with one attached hydrogen (secondary N) is 2. The van der Waals surface area contributed by atoms with Crippen LogP contribution >= 0.6 is 39.3 Å². The fourth-order valence-corrected chi connectivity index (χ4v) is 5.61. The second-order valence-corrected chi connectivity index (χ2v) is 11.3. The molecule has 0 aliphatic carbocycles. The minimum absolute atomic E-state index is 0.181. The molecule has 37 heavy (non-hydrogen) atoms. The maximum absolute atomic E-state index is 13.7. The number of anilines is 2. The smallest absolute Gasteiger partial charge is 0.255 e. The Labute approximate surface area is 233 Å². The molecule has 0 saturated heterocycles. The number of thioether (sulfide) groups is 1. The Morgan fingerprint density at radius 1 is 1.11 bits per heavy atom. The predicted molar refractivity (Wildman–Crippen MR) is 154 cm³/mol. The highest BCUT2D eigenvalue weighted by molar-refractivity contribution is 9.10. The molecular formula is C28H25BrClN5OS. The van der Waals surface area contributed by atoms with E-state index in [1.54, 1.807) is 4.68 Å². The lowest BCUT2D eigenvalue weighted by atomic mass is 9.95. The van der Waals surface area contributed by atoms with Gasteiger partial charge in [0.25, 0.3) is 5.91 Å². The van der Waals surface area contributed by atoms with E-state index >= 15 is 0 Å². The first-order valence-corrected chi connectivity index (χ1v) is 13.9. The van der Waals surface area contributed by atoms with Gasteiger partial charge < -0.3 is 10.6 Å². The summed E-state index contributed by atoms with van der Waals surface area (Å²) in [4.78, 5) is 18.5. The highest BCUT2D eigenvalue weighted by atomic mass is 79.9. The standard InChI is InChI=1S/C28H25BrClN5OS/c1-16-7-12-23(17(2)13-16)32-26(36)24-18(3)31-27-33-28(37-15-19-5-4-6-22(30)14-19)34-35(27)25(24)20-8-10-21(29)11-9-20/h4-14,25H,15H2,1-3H3,(H,32,36)(H,31,33,34). The summed E-state index contributed by atoms with van der Waals surface area (Å²) in [6, 6.07) is 21.2. The van der Waals surface area contributed by atoms with Crippen molar-refractivity contribution >= 4 is 56.8 Å². The van der Waals surface area contributed by atoms with E-state index in [-0.39, 0.29) is 5.91 Å². The first kappa shape index (κ1) is 25.6. The number of carbonyl (C=O) groups is 1. The molecule has 0 bridgehead atoms. The molecule has 1 unspecified atom stereocenters. The number of benzene rings is 3. The van der Waals surface area contributed by atoms with Crippen molar-refractivity contribution in [1.29, 1.82) is 0 Å². The van der Waals surface area contributed by atoms with E-state index in [1.165, 1.54) is 11.8 Å². The second-order valence-electron chi connectivity index (χ2n) is 8.97. The van der Waals surface area contributed by atoms with Gasteiger partial charge in [-0.25, -0.2) is 4.68 Å². The molecule has 0 saturated carbocycles. The molecule has 9 heteroatoms. The summed E-state index contributed by atoms with van der Waals surface area (Å²) < 4.78 is 2.76. The number of halogens is 2. The lowest BCUT2D eigenvalue weighted by Gasteiger charge is -2.29. The molecule has 4 aromatic rings. The van der Waals surface area contributed by atoms with E-state index in [1.807, 2.05) is 81.4 Å². The number of hydrogen-bond donors (Lipinski definition) is 2. The molecule has 0 radical (unpaired) electrons. The second kappa shape index (κ2) is 10.7. The number of carbonyl (C=O) groups excluding carboxylic acids is 1. The van der Waals surface area contributed by atoms with Crippen LogP contribution < -0.4 is 10.6 Å². The van der Waals surface area contributed by atoms with Crippen molar-refractivity contribution in [3.8, 4) is 0 Å². The van der Waals surface area contributed by atoms with Gasteiger partial charge in [0, 0.05) is 26.6 Å². The van der Waals surface area contributed by atoms with Gasteiger partial charge in [-0.05, 0) is 67.8 Å². The fourth-order valence-electron chi connectivity index (χ4n) is 4.36. The molecule has 0 spiro atoms. The molecular weight excluding hydrogens is 570 g/mol. The Morgan fingerprint density at radius 2 is 1.89 bits per heavy atom. The highest BCUT2D eigenvalue weighted by Crippen LogP contribution is 2.37. The minimum Gasteiger partial charge on any atom is -0.328 e. The number of allylic oxidation sites excluding steroid dienone is 1. The third kappa shape index (κ3) is 5.61. The summed E-state index contributed by atoms with van der Waals surface area (Å²) in [5.41, 5.74) is 6.29. The molecule has 2 heterocycles. The number of aromatic nitrogens is 3. The fraction of sp³-hybridized carbons (Fsp3) is 0.179. The third-order valence-corrected chi connectivity index (χ3v) is 7.82. The van der Waals surface area contributed by atoms with Gasteiger partial charge in [0.1, 0.15) is 6.04 Å². The zero-order chi connectivity index (χ0) is 26.1. The summed E-state index contributed by atoms with van der Waals surface area (Å²) in [5.74, 6) is 1.10. The maximum Gasteiger partial charge on any atom is 0.255 e. The molecule has 1 aliphatic rings. The SMILES string of the molecule is CC1=C(C(=O)Nc2ccc(C)cc2C)C(c2ccc(Br)cc2)n2nc(SCc3cccc(Cl)c3)nc2N1. The van der Waals surface area contributed by atoms with Crippen LogP contribution in [0.15, 0.2) is 87.6 Å². The lowest BCUT2D eigenvalue weighted by molar-refractivity contribution is -0.113. The van der Waals surface area contributed by atoms with Gasteiger partial charge in [-0.1, -0.05) is 81.3 Å². The van der Waals surface area contributed by atoms with E-state index < -0.39 is 6.04 Å². The Balaban J connectivity index is 1.49. The molecule has 3 aromatic carbocycles. The van der Waals surface area contributed by atoms with Crippen molar-refractivity contribution < 1.29 is 4.79 Å². The van der Waals surface area contributed by atoms with Crippen LogP contribution in [0, 0.1) is 13.8 Å². The van der Waals surface area contributed by atoms with Crippen molar-refractivity contribution in [1.82, 2.24) is 14.8 Å². The van der Waals surface area contributed by atoms with E-state index in [0.29, 0.717) is 27.5 Å². The number of aryl methyl sites for hydroxylation is 2. The number of hydrogen-bond acceptors (Lipinski definition) is 5. The van der Waals surface area contributed by atoms with Crippen LogP contribution in [0.3, 0.4) is 0 Å². The maximum atomic E-state index is 13.7. The molecule has 5 rings (SSSR count). The normalized spacial score (nSPS) is 14.8. The number of fused-ring (bicyclic) bond motifs is 1. The Hall–Kier alpha value is -3.07. The Kier molecular flexibility index (Phi) is 7.42. The van der Waals surface area contributed by atoms with Gasteiger partial charge >= 0.3 is 0 Å². The van der Waals surface area contributed by atoms with Crippen LogP contribution in [0.5, 0.6) is 0 Å². The monoisotopic (exact) mass is 593 g/mol. The van der Waals surface area contributed by atoms with Crippen LogP contribution in [0.2, 0.25) is 5.02 Å². The van der Waals surface area contributed by atoms with Crippen molar-refractivity contribution in [2.45, 2.75) is 37.7 Å². The van der Waals surface area contributed by atoms with Crippen molar-refractivity contribution in [2.75, 3.05) is 10.6 Å². The van der Waals surface area contributed by atoms with Crippen LogP contribution in [-0.4, -0.2) is 20.7 Å². The molecule has 1 aliphatic heterocycles. The summed E-state index contributed by atoms with van der Waals surface area (Å²) in [6.07, 6.45) is 0. The number of rotatable bonds is 6. The topological polar surface area (TPSA) is 71.8 Å². The quantitative estimate of drug-likeness (QED) is 0.226. The molecule has 0 fully saturated rings. The summed E-state index contributed by atoms with van der Waals surface area (Å²) in [6.45, 7) is 5.93. The first-order valence-electron chi connectivity index (χ1n) is 11.7. The van der Waals surface area contributed by atoms with Crippen molar-refractivity contribution in [3.63, 3.8) is 0 Å². The molecule has 188 valence electrons. The van der Waals surface area contributed by atoms with E-state index in [4.69, 9.17) is 21.7 Å². The van der Waals surface area contributed by atoms with E-state index in [2.05, 4.69) is 32.6 Å².